The number of nitrogens with zero attached hydrogens (tertiary/aromatic N) is 1. The van der Waals surface area contributed by atoms with Gasteiger partial charge >= 0.3 is 0 Å². The van der Waals surface area contributed by atoms with E-state index in [1.165, 1.54) is 5.56 Å². The van der Waals surface area contributed by atoms with E-state index in [0.29, 0.717) is 22.9 Å². The summed E-state index contributed by atoms with van der Waals surface area (Å²) in [6, 6.07) is 12.7. The number of amides is 1. The second-order valence-electron chi connectivity index (χ2n) is 6.77. The Balaban J connectivity index is 1.58. The predicted octanol–water partition coefficient (Wildman–Crippen LogP) is 4.80. The maximum absolute atomic E-state index is 12.4. The molecule has 6 nitrogen and oxygen atoms in total. The van der Waals surface area contributed by atoms with Gasteiger partial charge in [0.15, 0.2) is 5.11 Å². The van der Waals surface area contributed by atoms with Crippen molar-refractivity contribution in [2.24, 2.45) is 0 Å². The standard InChI is InChI=1S/C22H23ClN4O2S/c1-4-29-20-10-7-16(12-19(20)23)21(28)25-22(30)24-17-8-5-15(6-9-17)11-18-13(2)26-27-14(18)3/h5-10,12H,4,11H2,1-3H3,(H,26,27)(H2,24,25,28,30). The number of aromatic nitrogens is 2. The summed E-state index contributed by atoms with van der Waals surface area (Å²) in [6.07, 6.45) is 0.800. The lowest BCUT2D eigenvalue weighted by Gasteiger charge is -2.11. The summed E-state index contributed by atoms with van der Waals surface area (Å²) in [7, 11) is 0. The van der Waals surface area contributed by atoms with Crippen LogP contribution in [0.4, 0.5) is 5.69 Å². The van der Waals surface area contributed by atoms with Gasteiger partial charge in [-0.15, -0.1) is 0 Å². The molecule has 0 fully saturated rings. The van der Waals surface area contributed by atoms with Crippen LogP contribution < -0.4 is 15.4 Å². The smallest absolute Gasteiger partial charge is 0.257 e. The quantitative estimate of drug-likeness (QED) is 0.478. The lowest BCUT2D eigenvalue weighted by atomic mass is 10.0. The summed E-state index contributed by atoms with van der Waals surface area (Å²) in [4.78, 5) is 12.4. The highest BCUT2D eigenvalue weighted by Gasteiger charge is 2.12. The van der Waals surface area contributed by atoms with Crippen LogP contribution in [-0.4, -0.2) is 27.8 Å². The van der Waals surface area contributed by atoms with E-state index in [1.807, 2.05) is 45.0 Å². The van der Waals surface area contributed by atoms with Crippen LogP contribution in [0.5, 0.6) is 5.75 Å². The molecule has 156 valence electrons. The number of H-pyrrole nitrogens is 1. The van der Waals surface area contributed by atoms with Gasteiger partial charge in [-0.3, -0.25) is 15.2 Å². The molecule has 0 saturated heterocycles. The third-order valence-corrected chi connectivity index (χ3v) is 5.09. The van der Waals surface area contributed by atoms with Crippen molar-refractivity contribution in [3.63, 3.8) is 0 Å². The van der Waals surface area contributed by atoms with Gasteiger partial charge in [0, 0.05) is 28.9 Å². The largest absolute Gasteiger partial charge is 0.492 e. The van der Waals surface area contributed by atoms with Crippen LogP contribution in [0, 0.1) is 13.8 Å². The predicted molar refractivity (Wildman–Crippen MR) is 124 cm³/mol. The number of thiocarbonyl (C=S) groups is 1. The average Bonchev–Trinajstić information content (AvgIpc) is 3.03. The van der Waals surface area contributed by atoms with Crippen molar-refractivity contribution in [2.75, 3.05) is 11.9 Å². The fourth-order valence-electron chi connectivity index (χ4n) is 3.00. The highest BCUT2D eigenvalue weighted by atomic mass is 35.5. The summed E-state index contributed by atoms with van der Waals surface area (Å²) < 4.78 is 5.38. The molecule has 1 amide bonds. The summed E-state index contributed by atoms with van der Waals surface area (Å²) in [5.41, 5.74) is 5.63. The van der Waals surface area contributed by atoms with E-state index >= 15 is 0 Å². The molecule has 0 aliphatic heterocycles. The number of carbonyl (C=O) groups is 1. The van der Waals surface area contributed by atoms with Gasteiger partial charge in [-0.05, 0) is 68.9 Å². The van der Waals surface area contributed by atoms with E-state index in [1.54, 1.807) is 18.2 Å². The van der Waals surface area contributed by atoms with Crippen LogP contribution in [0.15, 0.2) is 42.5 Å². The van der Waals surface area contributed by atoms with Gasteiger partial charge in [-0.1, -0.05) is 23.7 Å². The maximum atomic E-state index is 12.4. The molecule has 3 rings (SSSR count). The second kappa shape index (κ2) is 9.73. The van der Waals surface area contributed by atoms with Crippen molar-refractivity contribution in [3.05, 3.63) is 75.6 Å². The maximum Gasteiger partial charge on any atom is 0.257 e. The Morgan fingerprint density at radius 2 is 1.93 bits per heavy atom. The highest BCUT2D eigenvalue weighted by Crippen LogP contribution is 2.25. The van der Waals surface area contributed by atoms with Crippen molar-refractivity contribution >= 4 is 40.5 Å². The van der Waals surface area contributed by atoms with Crippen molar-refractivity contribution in [3.8, 4) is 5.75 Å². The zero-order valence-electron chi connectivity index (χ0n) is 17.0. The third-order valence-electron chi connectivity index (χ3n) is 4.59. The third kappa shape index (κ3) is 5.37. The number of rotatable bonds is 6. The number of aromatic amines is 1. The first-order valence-electron chi connectivity index (χ1n) is 9.51. The number of benzene rings is 2. The summed E-state index contributed by atoms with van der Waals surface area (Å²) in [5, 5.41) is 13.5. The molecule has 0 aliphatic rings. The minimum Gasteiger partial charge on any atom is -0.492 e. The van der Waals surface area contributed by atoms with Crippen LogP contribution in [0.1, 0.15) is 39.8 Å². The van der Waals surface area contributed by atoms with Crippen LogP contribution in [-0.2, 0) is 6.42 Å². The van der Waals surface area contributed by atoms with Crippen LogP contribution in [0.25, 0.3) is 0 Å². The normalized spacial score (nSPS) is 10.5. The Bertz CT molecular complexity index is 1040. The molecular formula is C22H23ClN4O2S. The molecule has 0 radical (unpaired) electrons. The average molecular weight is 443 g/mol. The Morgan fingerprint density at radius 1 is 1.20 bits per heavy atom. The molecule has 30 heavy (non-hydrogen) atoms. The van der Waals surface area contributed by atoms with Gasteiger partial charge in [-0.2, -0.15) is 5.10 Å². The summed E-state index contributed by atoms with van der Waals surface area (Å²) in [6.45, 7) is 6.38. The number of hydrogen-bond acceptors (Lipinski definition) is 4. The van der Waals surface area contributed by atoms with E-state index in [2.05, 4.69) is 20.8 Å². The van der Waals surface area contributed by atoms with Crippen molar-refractivity contribution < 1.29 is 9.53 Å². The first-order chi connectivity index (χ1) is 14.4. The molecule has 3 N–H and O–H groups in total. The zero-order chi connectivity index (χ0) is 21.7. The minimum absolute atomic E-state index is 0.208. The van der Waals surface area contributed by atoms with E-state index in [-0.39, 0.29) is 11.0 Å². The molecular weight excluding hydrogens is 420 g/mol. The van der Waals surface area contributed by atoms with E-state index in [0.717, 1.165) is 29.1 Å². The van der Waals surface area contributed by atoms with E-state index < -0.39 is 0 Å². The fraction of sp³-hybridized carbons (Fsp3) is 0.227. The lowest BCUT2D eigenvalue weighted by Crippen LogP contribution is -2.34. The topological polar surface area (TPSA) is 79.0 Å². The number of halogens is 1. The SMILES string of the molecule is CCOc1ccc(C(=O)NC(=S)Nc2ccc(Cc3c(C)n[nH]c3C)cc2)cc1Cl. The zero-order valence-corrected chi connectivity index (χ0v) is 18.6. The van der Waals surface area contributed by atoms with E-state index in [9.17, 15) is 4.79 Å². The van der Waals surface area contributed by atoms with Crippen molar-refractivity contribution in [1.82, 2.24) is 15.5 Å². The van der Waals surface area contributed by atoms with Gasteiger partial charge in [0.05, 0.1) is 17.3 Å². The second-order valence-corrected chi connectivity index (χ2v) is 7.59. The molecule has 2 aromatic carbocycles. The Labute approximate surface area is 186 Å². The lowest BCUT2D eigenvalue weighted by molar-refractivity contribution is 0.0977. The first-order valence-corrected chi connectivity index (χ1v) is 10.3. The molecule has 0 saturated carbocycles. The molecule has 3 aromatic rings. The Kier molecular flexibility index (Phi) is 7.07. The van der Waals surface area contributed by atoms with Crippen LogP contribution >= 0.6 is 23.8 Å². The van der Waals surface area contributed by atoms with Gasteiger partial charge < -0.3 is 10.1 Å². The molecule has 0 bridgehead atoms. The monoisotopic (exact) mass is 442 g/mol. The Hall–Kier alpha value is -2.90. The van der Waals surface area contributed by atoms with Crippen LogP contribution in [0.2, 0.25) is 5.02 Å². The van der Waals surface area contributed by atoms with Gasteiger partial charge in [0.1, 0.15) is 5.75 Å². The van der Waals surface area contributed by atoms with Gasteiger partial charge in [-0.25, -0.2) is 0 Å². The molecule has 8 heteroatoms. The molecule has 0 spiro atoms. The Morgan fingerprint density at radius 3 is 2.53 bits per heavy atom. The molecule has 0 aliphatic carbocycles. The fourth-order valence-corrected chi connectivity index (χ4v) is 3.44. The number of ether oxygens (including phenoxy) is 1. The molecule has 0 unspecified atom stereocenters. The molecule has 0 atom stereocenters. The molecule has 1 aromatic heterocycles. The summed E-state index contributed by atoms with van der Waals surface area (Å²) >= 11 is 11.4. The van der Waals surface area contributed by atoms with Gasteiger partial charge in [0.2, 0.25) is 0 Å². The minimum atomic E-state index is -0.347. The molecule has 1 heterocycles. The first kappa shape index (κ1) is 21.8. The summed E-state index contributed by atoms with van der Waals surface area (Å²) in [5.74, 6) is 0.192. The van der Waals surface area contributed by atoms with Gasteiger partial charge in [0.25, 0.3) is 5.91 Å². The number of aryl methyl sites for hydroxylation is 2. The highest BCUT2D eigenvalue weighted by molar-refractivity contribution is 7.80. The number of nitrogens with one attached hydrogen (secondary N) is 3. The van der Waals surface area contributed by atoms with E-state index in [4.69, 9.17) is 28.6 Å². The van der Waals surface area contributed by atoms with Crippen LogP contribution in [0.3, 0.4) is 0 Å². The van der Waals surface area contributed by atoms with Crippen molar-refractivity contribution in [2.45, 2.75) is 27.2 Å². The number of hydrogen-bond donors (Lipinski definition) is 3. The number of anilines is 1. The van der Waals surface area contributed by atoms with Crippen molar-refractivity contribution in [1.29, 1.82) is 0 Å². The number of carbonyl (C=O) groups excluding carboxylic acids is 1.